The van der Waals surface area contributed by atoms with Crippen molar-refractivity contribution in [3.63, 3.8) is 0 Å². The molecule has 8 aromatic carbocycles. The van der Waals surface area contributed by atoms with Gasteiger partial charge in [-0.15, -0.1) is 0 Å². The van der Waals surface area contributed by atoms with E-state index in [1.165, 1.54) is 76.8 Å². The molecule has 3 aromatic heterocycles. The van der Waals surface area contributed by atoms with Crippen molar-refractivity contribution in [1.82, 2.24) is 15.0 Å². The molecule has 0 spiro atoms. The summed E-state index contributed by atoms with van der Waals surface area (Å²) in [6.45, 7) is 0. The maximum atomic E-state index is 5.03. The van der Waals surface area contributed by atoms with Crippen LogP contribution in [0.2, 0.25) is 0 Å². The zero-order valence-electron chi connectivity index (χ0n) is 35.5. The van der Waals surface area contributed by atoms with Crippen molar-refractivity contribution in [1.29, 1.82) is 0 Å². The van der Waals surface area contributed by atoms with Crippen LogP contribution >= 0.6 is 0 Å². The van der Waals surface area contributed by atoms with Crippen molar-refractivity contribution in [2.75, 3.05) is 0 Å². The normalized spacial score (nSPS) is 11.4. The van der Waals surface area contributed by atoms with Crippen LogP contribution in [0.4, 0.5) is 0 Å². The number of nitrogens with zero attached hydrogens (tertiary/aromatic N) is 3. The summed E-state index contributed by atoms with van der Waals surface area (Å²) in [5.74, 6) is 0. The summed E-state index contributed by atoms with van der Waals surface area (Å²) >= 11 is 0. The molecule has 0 radical (unpaired) electrons. The number of pyridine rings is 3. The Hall–Kier alpha value is -8.01. The Morgan fingerprint density at radius 2 is 0.656 bits per heavy atom. The molecular weight excluding hydrogens is 775 g/mol. The standard InChI is InChI=1S/C61H45N3/c1-2-12-52(51(11-1)46-31-33-49(34-32-46)61-40-57-55-15-5-3-13-53(55)54-14-4-6-16-56(54)58(57)41-64-61)50-38-44(21-19-42-23-27-47(28-24-42)59-17-7-9-35-62-59)37-45(39-50)22-20-43-25-29-48(30-26-43)60-18-8-10-36-63-60/h1-18,23-41H,19-22H2. The van der Waals surface area contributed by atoms with Crippen molar-refractivity contribution in [2.45, 2.75) is 25.7 Å². The van der Waals surface area contributed by atoms with Crippen molar-refractivity contribution >= 4 is 32.3 Å². The maximum Gasteiger partial charge on any atom is 0.0708 e. The lowest BCUT2D eigenvalue weighted by molar-refractivity contribution is 0.931. The van der Waals surface area contributed by atoms with Gasteiger partial charge in [0, 0.05) is 40.7 Å². The van der Waals surface area contributed by atoms with Crippen molar-refractivity contribution in [3.8, 4) is 56.0 Å². The quantitative estimate of drug-likeness (QED) is 0.122. The Kier molecular flexibility index (Phi) is 10.6. The van der Waals surface area contributed by atoms with Crippen LogP contribution in [0.5, 0.6) is 0 Å². The predicted molar refractivity (Wildman–Crippen MR) is 267 cm³/mol. The van der Waals surface area contributed by atoms with E-state index in [-0.39, 0.29) is 0 Å². The Labute approximate surface area is 374 Å². The molecule has 0 atom stereocenters. The minimum absolute atomic E-state index is 0.948. The molecule has 3 nitrogen and oxygen atoms in total. The molecule has 0 fully saturated rings. The highest BCUT2D eigenvalue weighted by Gasteiger charge is 2.14. The predicted octanol–water partition coefficient (Wildman–Crippen LogP) is 15.2. The first-order valence-electron chi connectivity index (χ1n) is 22.2. The largest absolute Gasteiger partial charge is 0.256 e. The van der Waals surface area contributed by atoms with Gasteiger partial charge in [-0.05, 0) is 127 Å². The molecular formula is C61H45N3. The van der Waals surface area contributed by atoms with E-state index in [1.807, 2.05) is 36.7 Å². The van der Waals surface area contributed by atoms with Gasteiger partial charge in [-0.3, -0.25) is 15.0 Å². The number of fused-ring (bicyclic) bond motifs is 6. The van der Waals surface area contributed by atoms with Crippen LogP contribution in [-0.2, 0) is 25.7 Å². The fourth-order valence-corrected chi connectivity index (χ4v) is 9.30. The van der Waals surface area contributed by atoms with E-state index in [9.17, 15) is 0 Å². The van der Waals surface area contributed by atoms with Crippen LogP contribution in [0.1, 0.15) is 22.3 Å². The highest BCUT2D eigenvalue weighted by Crippen LogP contribution is 2.38. The second kappa shape index (κ2) is 17.4. The third kappa shape index (κ3) is 7.96. The lowest BCUT2D eigenvalue weighted by Gasteiger charge is -2.15. The van der Waals surface area contributed by atoms with Gasteiger partial charge in [0.1, 0.15) is 0 Å². The number of benzene rings is 8. The summed E-state index contributed by atoms with van der Waals surface area (Å²) < 4.78 is 0. The summed E-state index contributed by atoms with van der Waals surface area (Å²) in [4.78, 5) is 14.1. The number of rotatable bonds is 11. The molecule has 0 amide bonds. The van der Waals surface area contributed by atoms with E-state index in [0.29, 0.717) is 0 Å². The number of hydrogen-bond donors (Lipinski definition) is 0. The second-order valence-electron chi connectivity index (χ2n) is 16.7. The van der Waals surface area contributed by atoms with Gasteiger partial charge in [-0.25, -0.2) is 0 Å². The molecule has 0 saturated carbocycles. The average Bonchev–Trinajstić information content (AvgIpc) is 3.38. The summed E-state index contributed by atoms with van der Waals surface area (Å²) in [7, 11) is 0. The summed E-state index contributed by atoms with van der Waals surface area (Å²) in [5, 5.41) is 7.44. The first-order chi connectivity index (χ1) is 31.7. The van der Waals surface area contributed by atoms with Gasteiger partial charge >= 0.3 is 0 Å². The van der Waals surface area contributed by atoms with Crippen LogP contribution in [0.3, 0.4) is 0 Å². The molecule has 3 heteroatoms. The van der Waals surface area contributed by atoms with E-state index in [0.717, 1.165) is 59.5 Å². The lowest BCUT2D eigenvalue weighted by Crippen LogP contribution is -1.98. The average molecular weight is 820 g/mol. The lowest BCUT2D eigenvalue weighted by atomic mass is 9.89. The molecule has 0 N–H and O–H groups in total. The Bertz CT molecular complexity index is 3260. The highest BCUT2D eigenvalue weighted by molar-refractivity contribution is 6.25. The third-order valence-electron chi connectivity index (χ3n) is 12.6. The Morgan fingerprint density at radius 1 is 0.250 bits per heavy atom. The minimum atomic E-state index is 0.948. The van der Waals surface area contributed by atoms with Gasteiger partial charge in [-0.2, -0.15) is 0 Å². The minimum Gasteiger partial charge on any atom is -0.256 e. The van der Waals surface area contributed by atoms with Gasteiger partial charge in [0.15, 0.2) is 0 Å². The van der Waals surface area contributed by atoms with Gasteiger partial charge in [0.05, 0.1) is 17.1 Å². The van der Waals surface area contributed by atoms with Crippen molar-refractivity contribution in [2.24, 2.45) is 0 Å². The topological polar surface area (TPSA) is 38.7 Å². The molecule has 0 aliphatic rings. The van der Waals surface area contributed by atoms with Gasteiger partial charge in [0.2, 0.25) is 0 Å². The molecule has 0 unspecified atom stereocenters. The van der Waals surface area contributed by atoms with Crippen LogP contribution in [0.15, 0.2) is 225 Å². The SMILES string of the molecule is c1ccc(-c2ccc(CCc3cc(CCc4ccc(-c5ccccn5)cc4)cc(-c4ccccc4-c4ccc(-c5cc6c7ccccc7c7ccccc7c6cn5)cc4)c3)cc2)nc1. The third-order valence-corrected chi connectivity index (χ3v) is 12.6. The van der Waals surface area contributed by atoms with E-state index in [4.69, 9.17) is 4.98 Å². The van der Waals surface area contributed by atoms with E-state index >= 15 is 0 Å². The molecule has 0 saturated heterocycles. The summed E-state index contributed by atoms with van der Waals surface area (Å²) in [5.41, 5.74) is 16.6. The number of hydrogen-bond acceptors (Lipinski definition) is 3. The first-order valence-corrected chi connectivity index (χ1v) is 22.2. The summed E-state index contributed by atoms with van der Waals surface area (Å²) in [6, 6.07) is 74.6. The number of aryl methyl sites for hydroxylation is 4. The monoisotopic (exact) mass is 819 g/mol. The van der Waals surface area contributed by atoms with E-state index in [1.54, 1.807) is 0 Å². The van der Waals surface area contributed by atoms with Gasteiger partial charge in [-0.1, -0.05) is 176 Å². The fraction of sp³-hybridized carbons (Fsp3) is 0.0656. The zero-order chi connectivity index (χ0) is 42.7. The number of aromatic nitrogens is 3. The van der Waals surface area contributed by atoms with Crippen LogP contribution in [0, 0.1) is 0 Å². The molecule has 0 bridgehead atoms. The molecule has 11 rings (SSSR count). The van der Waals surface area contributed by atoms with E-state index in [2.05, 4.69) is 198 Å². The van der Waals surface area contributed by atoms with E-state index < -0.39 is 0 Å². The molecule has 0 aliphatic heterocycles. The van der Waals surface area contributed by atoms with Gasteiger partial charge in [0.25, 0.3) is 0 Å². The first kappa shape index (κ1) is 38.9. The fourth-order valence-electron chi connectivity index (χ4n) is 9.30. The second-order valence-corrected chi connectivity index (χ2v) is 16.7. The van der Waals surface area contributed by atoms with Crippen molar-refractivity contribution in [3.05, 3.63) is 247 Å². The summed E-state index contributed by atoms with van der Waals surface area (Å²) in [6.07, 6.45) is 9.57. The highest BCUT2D eigenvalue weighted by atomic mass is 14.7. The van der Waals surface area contributed by atoms with Crippen LogP contribution in [0.25, 0.3) is 88.3 Å². The molecule has 304 valence electrons. The van der Waals surface area contributed by atoms with Crippen molar-refractivity contribution < 1.29 is 0 Å². The Balaban J connectivity index is 0.901. The van der Waals surface area contributed by atoms with Crippen LogP contribution < -0.4 is 0 Å². The molecule has 11 aromatic rings. The van der Waals surface area contributed by atoms with Gasteiger partial charge < -0.3 is 0 Å². The molecule has 0 aliphatic carbocycles. The molecule has 64 heavy (non-hydrogen) atoms. The maximum absolute atomic E-state index is 5.03. The molecule has 3 heterocycles. The Morgan fingerprint density at radius 3 is 1.17 bits per heavy atom. The smallest absolute Gasteiger partial charge is 0.0708 e. The zero-order valence-corrected chi connectivity index (χ0v) is 35.5. The van der Waals surface area contributed by atoms with Crippen LogP contribution in [-0.4, -0.2) is 15.0 Å².